The molecule has 0 saturated heterocycles. The molecule has 7 nitrogen and oxygen atoms in total. The second-order valence-electron chi connectivity index (χ2n) is 7.75. The number of nitrogens with one attached hydrogen (secondary N) is 1. The van der Waals surface area contributed by atoms with Crippen molar-refractivity contribution in [2.45, 2.75) is 26.3 Å². The minimum absolute atomic E-state index is 0.133. The summed E-state index contributed by atoms with van der Waals surface area (Å²) in [5.41, 5.74) is 4.48. The predicted molar refractivity (Wildman–Crippen MR) is 130 cm³/mol. The van der Waals surface area contributed by atoms with Gasteiger partial charge in [0.2, 0.25) is 5.91 Å². The second-order valence-corrected chi connectivity index (χ2v) is 8.59. The normalized spacial score (nSPS) is 17.2. The molecule has 0 spiro atoms. The van der Waals surface area contributed by atoms with Crippen molar-refractivity contribution in [3.8, 4) is 5.75 Å². The van der Waals surface area contributed by atoms with Gasteiger partial charge in [-0.15, -0.1) is 0 Å². The number of fused-ring (bicyclic) bond motifs is 1. The second kappa shape index (κ2) is 9.54. The van der Waals surface area contributed by atoms with Crippen molar-refractivity contribution in [1.82, 2.24) is 4.90 Å². The lowest BCUT2D eigenvalue weighted by atomic mass is 9.93. The molecule has 4 rings (SSSR count). The Morgan fingerprint density at radius 2 is 1.88 bits per heavy atom. The molecule has 2 aromatic rings. The number of benzene rings is 2. The van der Waals surface area contributed by atoms with Crippen LogP contribution in [0.25, 0.3) is 0 Å². The van der Waals surface area contributed by atoms with Gasteiger partial charge < -0.3 is 19.7 Å². The number of nitrogens with zero attached hydrogens (tertiary/aromatic N) is 2. The predicted octanol–water partition coefficient (Wildman–Crippen LogP) is 4.78. The number of aliphatic imine (C=N–C) groups is 1. The van der Waals surface area contributed by atoms with Crippen LogP contribution < -0.4 is 10.1 Å². The van der Waals surface area contributed by atoms with Crippen molar-refractivity contribution in [3.05, 3.63) is 82.0 Å². The molecule has 2 aliphatic heterocycles. The van der Waals surface area contributed by atoms with Gasteiger partial charge in [-0.2, -0.15) is 0 Å². The quantitative estimate of drug-likeness (QED) is 0.621. The highest BCUT2D eigenvalue weighted by atomic mass is 32.2. The Labute approximate surface area is 197 Å². The van der Waals surface area contributed by atoms with Crippen molar-refractivity contribution < 1.29 is 19.1 Å². The maximum Gasteiger partial charge on any atom is 0.338 e. The number of carbonyl (C=O) groups excluding carboxylic acids is 2. The number of amidine groups is 1. The highest BCUT2D eigenvalue weighted by Gasteiger charge is 2.41. The van der Waals surface area contributed by atoms with Crippen LogP contribution in [0.2, 0.25) is 0 Å². The zero-order valence-corrected chi connectivity index (χ0v) is 19.7. The zero-order chi connectivity index (χ0) is 23.5. The van der Waals surface area contributed by atoms with Crippen LogP contribution in [0.4, 0.5) is 5.69 Å². The largest absolute Gasteiger partial charge is 0.497 e. The van der Waals surface area contributed by atoms with E-state index in [2.05, 4.69) is 10.3 Å². The van der Waals surface area contributed by atoms with Crippen LogP contribution in [0, 0.1) is 6.92 Å². The SMILES string of the molecule is COC(=O)C1=C(C)N=C2SC=C(CC(=O)Nc3ccc(C)cc3)N2C1c1cccc(OC)c1. The maximum atomic E-state index is 12.9. The van der Waals surface area contributed by atoms with Gasteiger partial charge in [0.1, 0.15) is 5.75 Å². The van der Waals surface area contributed by atoms with Gasteiger partial charge in [0.15, 0.2) is 5.17 Å². The van der Waals surface area contributed by atoms with Crippen LogP contribution in [-0.4, -0.2) is 36.2 Å². The third kappa shape index (κ3) is 4.66. The van der Waals surface area contributed by atoms with E-state index < -0.39 is 12.0 Å². The molecule has 0 aromatic heterocycles. The van der Waals surface area contributed by atoms with E-state index in [0.29, 0.717) is 22.2 Å². The molecule has 2 heterocycles. The summed E-state index contributed by atoms with van der Waals surface area (Å²) in [4.78, 5) is 32.2. The Morgan fingerprint density at radius 3 is 2.58 bits per heavy atom. The molecular formula is C25H25N3O4S. The summed E-state index contributed by atoms with van der Waals surface area (Å²) in [5.74, 6) is 0.0682. The average molecular weight is 464 g/mol. The van der Waals surface area contributed by atoms with E-state index in [1.165, 1.54) is 18.9 Å². The highest BCUT2D eigenvalue weighted by molar-refractivity contribution is 8.16. The molecule has 1 N–H and O–H groups in total. The molecule has 1 unspecified atom stereocenters. The third-order valence-electron chi connectivity index (χ3n) is 5.49. The molecule has 0 aliphatic carbocycles. The molecule has 33 heavy (non-hydrogen) atoms. The number of ether oxygens (including phenoxy) is 2. The van der Waals surface area contributed by atoms with Crippen LogP contribution in [0.15, 0.2) is 75.9 Å². The fraction of sp³-hybridized carbons (Fsp3) is 0.240. The molecule has 1 amide bonds. The van der Waals surface area contributed by atoms with E-state index >= 15 is 0 Å². The van der Waals surface area contributed by atoms with E-state index in [1.807, 2.05) is 65.8 Å². The number of aryl methyl sites for hydroxylation is 1. The van der Waals surface area contributed by atoms with Gasteiger partial charge >= 0.3 is 5.97 Å². The Kier molecular flexibility index (Phi) is 6.55. The minimum Gasteiger partial charge on any atom is -0.497 e. The first-order valence-electron chi connectivity index (χ1n) is 10.4. The number of thioether (sulfide) groups is 1. The van der Waals surface area contributed by atoms with Gasteiger partial charge in [0.05, 0.1) is 38.0 Å². The smallest absolute Gasteiger partial charge is 0.338 e. The number of allylic oxidation sites excluding steroid dienone is 1. The number of rotatable bonds is 6. The molecular weight excluding hydrogens is 438 g/mol. The average Bonchev–Trinajstić information content (AvgIpc) is 3.20. The fourth-order valence-corrected chi connectivity index (χ4v) is 4.84. The van der Waals surface area contributed by atoms with Crippen molar-refractivity contribution in [1.29, 1.82) is 0 Å². The molecule has 2 aliphatic rings. The summed E-state index contributed by atoms with van der Waals surface area (Å²) in [6.07, 6.45) is 0.133. The molecule has 0 saturated carbocycles. The summed E-state index contributed by atoms with van der Waals surface area (Å²) in [5, 5.41) is 5.56. The first-order valence-corrected chi connectivity index (χ1v) is 11.3. The third-order valence-corrected chi connectivity index (χ3v) is 6.38. The van der Waals surface area contributed by atoms with Crippen molar-refractivity contribution in [2.24, 2.45) is 4.99 Å². The molecule has 8 heteroatoms. The number of carbonyl (C=O) groups is 2. The Morgan fingerprint density at radius 1 is 1.12 bits per heavy atom. The van der Waals surface area contributed by atoms with Gasteiger partial charge in [-0.05, 0) is 49.1 Å². The van der Waals surface area contributed by atoms with Crippen molar-refractivity contribution in [2.75, 3.05) is 19.5 Å². The van der Waals surface area contributed by atoms with E-state index in [4.69, 9.17) is 9.47 Å². The lowest BCUT2D eigenvalue weighted by Crippen LogP contribution is -2.37. The monoisotopic (exact) mass is 463 g/mol. The van der Waals surface area contributed by atoms with Gasteiger partial charge in [0.25, 0.3) is 0 Å². The minimum atomic E-state index is -0.492. The van der Waals surface area contributed by atoms with Crippen LogP contribution in [-0.2, 0) is 14.3 Å². The topological polar surface area (TPSA) is 80.2 Å². The van der Waals surface area contributed by atoms with Gasteiger partial charge in [-0.1, -0.05) is 41.6 Å². The summed E-state index contributed by atoms with van der Waals surface area (Å²) >= 11 is 1.43. The van der Waals surface area contributed by atoms with Gasteiger partial charge in [-0.3, -0.25) is 4.79 Å². The number of anilines is 1. The summed E-state index contributed by atoms with van der Waals surface area (Å²) in [6.45, 7) is 3.79. The highest BCUT2D eigenvalue weighted by Crippen LogP contribution is 2.45. The molecule has 0 fully saturated rings. The Balaban J connectivity index is 1.67. The van der Waals surface area contributed by atoms with Crippen LogP contribution in [0.5, 0.6) is 5.75 Å². The number of esters is 1. The van der Waals surface area contributed by atoms with E-state index in [9.17, 15) is 9.59 Å². The lowest BCUT2D eigenvalue weighted by molar-refractivity contribution is -0.136. The van der Waals surface area contributed by atoms with Crippen molar-refractivity contribution in [3.63, 3.8) is 0 Å². The maximum absolute atomic E-state index is 12.9. The zero-order valence-electron chi connectivity index (χ0n) is 18.9. The van der Waals surface area contributed by atoms with E-state index in [0.717, 1.165) is 22.5 Å². The van der Waals surface area contributed by atoms with Crippen LogP contribution >= 0.6 is 11.8 Å². The number of hydrogen-bond donors (Lipinski definition) is 1. The Bertz CT molecular complexity index is 1180. The summed E-state index contributed by atoms with van der Waals surface area (Å²) in [6, 6.07) is 14.7. The van der Waals surface area contributed by atoms with E-state index in [-0.39, 0.29) is 12.3 Å². The number of methoxy groups -OCH3 is 2. The first kappa shape index (κ1) is 22.7. The Hall–Kier alpha value is -3.52. The fourth-order valence-electron chi connectivity index (χ4n) is 3.87. The van der Waals surface area contributed by atoms with Crippen molar-refractivity contribution >= 4 is 34.5 Å². The van der Waals surface area contributed by atoms with Gasteiger partial charge in [-0.25, -0.2) is 9.79 Å². The number of hydrogen-bond acceptors (Lipinski definition) is 7. The molecule has 1 atom stereocenters. The van der Waals surface area contributed by atoms with E-state index in [1.54, 1.807) is 14.0 Å². The molecule has 0 radical (unpaired) electrons. The first-order chi connectivity index (χ1) is 15.9. The van der Waals surface area contributed by atoms with Gasteiger partial charge in [0, 0.05) is 11.4 Å². The number of amides is 1. The molecule has 170 valence electrons. The van der Waals surface area contributed by atoms with Crippen LogP contribution in [0.1, 0.15) is 30.5 Å². The molecule has 2 aromatic carbocycles. The summed E-state index contributed by atoms with van der Waals surface area (Å²) in [7, 11) is 2.95. The molecule has 0 bridgehead atoms. The summed E-state index contributed by atoms with van der Waals surface area (Å²) < 4.78 is 10.5. The van der Waals surface area contributed by atoms with Crippen LogP contribution in [0.3, 0.4) is 0 Å². The standard InChI is InChI=1S/C25H25N3O4S/c1-15-8-10-18(11-9-15)27-21(29)13-19-14-33-25-26-16(2)22(24(30)32-4)23(28(19)25)17-6-5-7-20(12-17)31-3/h5-12,14,23H,13H2,1-4H3,(H,27,29). The lowest BCUT2D eigenvalue weighted by Gasteiger charge is -2.36.